The zero-order valence-corrected chi connectivity index (χ0v) is 16.8. The topological polar surface area (TPSA) is 75.7 Å². The molecule has 0 unspecified atom stereocenters. The van der Waals surface area contributed by atoms with Crippen molar-refractivity contribution in [3.8, 4) is 5.75 Å². The maximum atomic E-state index is 12.9. The van der Waals surface area contributed by atoms with Crippen molar-refractivity contribution in [3.63, 3.8) is 0 Å². The third-order valence-corrected chi connectivity index (χ3v) is 6.29. The number of rotatable bonds is 5. The van der Waals surface area contributed by atoms with Gasteiger partial charge in [-0.25, -0.2) is 12.8 Å². The van der Waals surface area contributed by atoms with Gasteiger partial charge in [-0.1, -0.05) is 0 Å². The summed E-state index contributed by atoms with van der Waals surface area (Å²) < 4.78 is 80.3. The first-order valence-corrected chi connectivity index (χ1v) is 10.6. The first kappa shape index (κ1) is 22.8. The molecule has 0 aliphatic carbocycles. The van der Waals surface area contributed by atoms with Gasteiger partial charge in [-0.2, -0.15) is 4.31 Å². The number of carbonyl (C=O) groups is 1. The fraction of sp³-hybridized carbons (Fsp3) is 0.250. The fourth-order valence-corrected chi connectivity index (χ4v) is 4.53. The van der Waals surface area contributed by atoms with Gasteiger partial charge in [-0.15, -0.1) is 13.2 Å². The number of hydrogen-bond acceptors (Lipinski definition) is 4. The van der Waals surface area contributed by atoms with Crippen LogP contribution in [0.3, 0.4) is 0 Å². The molecule has 1 amide bonds. The van der Waals surface area contributed by atoms with Crippen LogP contribution in [0.4, 0.5) is 23.2 Å². The minimum absolute atomic E-state index is 0.0278. The molecule has 0 radical (unpaired) electrons. The first-order valence-electron chi connectivity index (χ1n) is 9.15. The smallest absolute Gasteiger partial charge is 0.406 e. The van der Waals surface area contributed by atoms with E-state index >= 15 is 0 Å². The number of carbonyl (C=O) groups excluding carboxylic acids is 1. The number of halogens is 4. The fourth-order valence-electron chi connectivity index (χ4n) is 3.05. The van der Waals surface area contributed by atoms with Crippen LogP contribution in [0.15, 0.2) is 65.1 Å². The van der Waals surface area contributed by atoms with Crippen molar-refractivity contribution in [2.75, 3.05) is 18.4 Å². The normalized spacial score (nSPS) is 16.8. The van der Waals surface area contributed by atoms with Gasteiger partial charge in [-0.3, -0.25) is 4.79 Å². The molecule has 1 N–H and O–H groups in total. The van der Waals surface area contributed by atoms with Crippen LogP contribution in [0.2, 0.25) is 0 Å². The standard InChI is InChI=1S/C20H18F4N2O4S/c21-15-3-5-16(6-4-15)25-19(27)12-14-2-1-11-26(13-14)31(28,29)18-9-7-17(8-10-18)30-20(22,23)24/h3-10,12H,1-2,11,13H2,(H,25,27)/b14-12-. The summed E-state index contributed by atoms with van der Waals surface area (Å²) in [4.78, 5) is 12.0. The number of nitrogens with zero attached hydrogens (tertiary/aromatic N) is 1. The molecule has 1 fully saturated rings. The van der Waals surface area contributed by atoms with E-state index in [4.69, 9.17) is 0 Å². The summed E-state index contributed by atoms with van der Waals surface area (Å²) in [7, 11) is -3.97. The van der Waals surface area contributed by atoms with E-state index in [1.807, 2.05) is 0 Å². The van der Waals surface area contributed by atoms with Gasteiger partial charge in [0.25, 0.3) is 0 Å². The quantitative estimate of drug-likeness (QED) is 0.541. The van der Waals surface area contributed by atoms with Crippen molar-refractivity contribution < 1.29 is 35.5 Å². The van der Waals surface area contributed by atoms with Gasteiger partial charge in [0.2, 0.25) is 15.9 Å². The number of amides is 1. The van der Waals surface area contributed by atoms with Crippen LogP contribution in [0, 0.1) is 5.82 Å². The lowest BCUT2D eigenvalue weighted by atomic mass is 10.1. The molecule has 11 heteroatoms. The number of benzene rings is 2. The predicted molar refractivity (Wildman–Crippen MR) is 104 cm³/mol. The molecule has 2 aromatic carbocycles. The molecular formula is C20H18F4N2O4S. The van der Waals surface area contributed by atoms with E-state index in [1.165, 1.54) is 30.3 Å². The largest absolute Gasteiger partial charge is 0.573 e. The van der Waals surface area contributed by atoms with Crippen LogP contribution in [-0.4, -0.2) is 38.1 Å². The van der Waals surface area contributed by atoms with Crippen molar-refractivity contribution >= 4 is 21.6 Å². The van der Waals surface area contributed by atoms with Gasteiger partial charge < -0.3 is 10.1 Å². The number of sulfonamides is 1. The molecule has 1 aliphatic rings. The van der Waals surface area contributed by atoms with Crippen LogP contribution in [0.1, 0.15) is 12.8 Å². The maximum Gasteiger partial charge on any atom is 0.573 e. The predicted octanol–water partition coefficient (Wildman–Crippen LogP) is 4.07. The number of ether oxygens (including phenoxy) is 1. The second-order valence-corrected chi connectivity index (χ2v) is 8.70. The second kappa shape index (κ2) is 9.06. The Balaban J connectivity index is 1.69. The van der Waals surface area contributed by atoms with E-state index in [1.54, 1.807) is 0 Å². The van der Waals surface area contributed by atoms with Gasteiger partial charge in [0.15, 0.2) is 0 Å². The molecule has 0 atom stereocenters. The zero-order valence-electron chi connectivity index (χ0n) is 16.0. The van der Waals surface area contributed by atoms with Crippen molar-refractivity contribution in [1.29, 1.82) is 0 Å². The third kappa shape index (κ3) is 6.28. The highest BCUT2D eigenvalue weighted by Crippen LogP contribution is 2.27. The summed E-state index contributed by atoms with van der Waals surface area (Å²) >= 11 is 0. The van der Waals surface area contributed by atoms with E-state index in [0.717, 1.165) is 28.6 Å². The number of anilines is 1. The van der Waals surface area contributed by atoms with Crippen LogP contribution in [-0.2, 0) is 14.8 Å². The molecule has 31 heavy (non-hydrogen) atoms. The van der Waals surface area contributed by atoms with Crippen LogP contribution in [0.25, 0.3) is 0 Å². The maximum absolute atomic E-state index is 12.9. The highest BCUT2D eigenvalue weighted by Gasteiger charge is 2.32. The molecule has 0 saturated carbocycles. The molecule has 1 saturated heterocycles. The van der Waals surface area contributed by atoms with Gasteiger partial charge in [0, 0.05) is 24.9 Å². The Morgan fingerprint density at radius 2 is 1.71 bits per heavy atom. The molecule has 0 bridgehead atoms. The summed E-state index contributed by atoms with van der Waals surface area (Å²) in [6.45, 7) is 0.181. The Morgan fingerprint density at radius 1 is 1.06 bits per heavy atom. The summed E-state index contributed by atoms with van der Waals surface area (Å²) in [5.41, 5.74) is 0.969. The number of nitrogens with one attached hydrogen (secondary N) is 1. The van der Waals surface area contributed by atoms with Gasteiger partial charge in [0.1, 0.15) is 11.6 Å². The monoisotopic (exact) mass is 458 g/mol. The van der Waals surface area contributed by atoms with Crippen LogP contribution >= 0.6 is 0 Å². The summed E-state index contributed by atoms with van der Waals surface area (Å²) in [6, 6.07) is 9.12. The molecule has 1 heterocycles. The van der Waals surface area contributed by atoms with Crippen LogP contribution < -0.4 is 10.1 Å². The van der Waals surface area contributed by atoms with E-state index in [-0.39, 0.29) is 18.0 Å². The number of piperidine rings is 1. The summed E-state index contributed by atoms with van der Waals surface area (Å²) in [5.74, 6) is -1.44. The van der Waals surface area contributed by atoms with E-state index in [2.05, 4.69) is 10.1 Å². The minimum Gasteiger partial charge on any atom is -0.406 e. The third-order valence-electron chi connectivity index (χ3n) is 4.43. The lowest BCUT2D eigenvalue weighted by Gasteiger charge is -2.28. The lowest BCUT2D eigenvalue weighted by molar-refractivity contribution is -0.274. The molecule has 0 spiro atoms. The average molecular weight is 458 g/mol. The van der Waals surface area contributed by atoms with Gasteiger partial charge in [-0.05, 0) is 66.9 Å². The Labute approximate surface area is 176 Å². The highest BCUT2D eigenvalue weighted by molar-refractivity contribution is 7.89. The summed E-state index contributed by atoms with van der Waals surface area (Å²) in [5, 5.41) is 2.57. The lowest BCUT2D eigenvalue weighted by Crippen LogP contribution is -2.37. The Morgan fingerprint density at radius 3 is 2.32 bits per heavy atom. The first-order chi connectivity index (χ1) is 14.5. The molecule has 0 aromatic heterocycles. The molecular weight excluding hydrogens is 440 g/mol. The Bertz CT molecular complexity index is 1070. The van der Waals surface area contributed by atoms with Crippen LogP contribution in [0.5, 0.6) is 5.75 Å². The highest BCUT2D eigenvalue weighted by atomic mass is 32.2. The molecule has 166 valence electrons. The van der Waals surface area contributed by atoms with Crippen molar-refractivity contribution in [2.24, 2.45) is 0 Å². The van der Waals surface area contributed by atoms with Gasteiger partial charge >= 0.3 is 6.36 Å². The summed E-state index contributed by atoms with van der Waals surface area (Å²) in [6.07, 6.45) is -2.59. The van der Waals surface area contributed by atoms with Crippen molar-refractivity contribution in [3.05, 3.63) is 66.0 Å². The second-order valence-electron chi connectivity index (χ2n) is 6.76. The molecule has 6 nitrogen and oxygen atoms in total. The average Bonchev–Trinajstić information content (AvgIpc) is 2.69. The van der Waals surface area contributed by atoms with E-state index < -0.39 is 33.9 Å². The number of hydrogen-bond donors (Lipinski definition) is 1. The SMILES string of the molecule is O=C(/C=C1/CCCN(S(=O)(=O)c2ccc(OC(F)(F)F)cc2)C1)Nc1ccc(F)cc1. The minimum atomic E-state index is -4.87. The number of alkyl halides is 3. The molecule has 2 aromatic rings. The van der Waals surface area contributed by atoms with Crippen molar-refractivity contribution in [1.82, 2.24) is 4.31 Å². The Hall–Kier alpha value is -2.92. The van der Waals surface area contributed by atoms with Gasteiger partial charge in [0.05, 0.1) is 4.90 Å². The van der Waals surface area contributed by atoms with E-state index in [0.29, 0.717) is 24.1 Å². The Kier molecular flexibility index (Phi) is 6.65. The van der Waals surface area contributed by atoms with Crippen molar-refractivity contribution in [2.45, 2.75) is 24.1 Å². The molecule has 1 aliphatic heterocycles. The zero-order chi connectivity index (χ0) is 22.6. The van der Waals surface area contributed by atoms with E-state index in [9.17, 15) is 30.8 Å². The molecule has 3 rings (SSSR count).